The molecule has 1 unspecified atom stereocenters. The minimum Gasteiger partial charge on any atom is -0.480 e. The molecule has 2 rings (SSSR count). The molecule has 3 N–H and O–H groups in total. The monoisotopic (exact) mass is 297 g/mol. The van der Waals surface area contributed by atoms with E-state index in [1.165, 1.54) is 6.42 Å². The van der Waals surface area contributed by atoms with Gasteiger partial charge in [-0.15, -0.1) is 0 Å². The summed E-state index contributed by atoms with van der Waals surface area (Å²) in [4.78, 5) is 35.9. The number of carbonyl (C=O) groups is 3. The molecule has 0 spiro atoms. The largest absolute Gasteiger partial charge is 0.480 e. The summed E-state index contributed by atoms with van der Waals surface area (Å²) in [6.07, 6.45) is 5.69. The van der Waals surface area contributed by atoms with Crippen LogP contribution in [0.15, 0.2) is 0 Å². The summed E-state index contributed by atoms with van der Waals surface area (Å²) in [7, 11) is 0. The Balaban J connectivity index is 1.93. The third-order valence-corrected chi connectivity index (χ3v) is 4.46. The van der Waals surface area contributed by atoms with Gasteiger partial charge in [-0.1, -0.05) is 26.2 Å². The fourth-order valence-corrected chi connectivity index (χ4v) is 3.05. The summed E-state index contributed by atoms with van der Waals surface area (Å²) < 4.78 is 0. The van der Waals surface area contributed by atoms with Crippen LogP contribution in [-0.4, -0.2) is 53.6 Å². The van der Waals surface area contributed by atoms with Gasteiger partial charge in [0.25, 0.3) is 0 Å². The highest BCUT2D eigenvalue weighted by molar-refractivity contribution is 5.90. The number of hydrogen-bond acceptors (Lipinski definition) is 3. The van der Waals surface area contributed by atoms with Gasteiger partial charge in [-0.2, -0.15) is 0 Å². The molecule has 1 heterocycles. The molecule has 0 aromatic heterocycles. The van der Waals surface area contributed by atoms with Crippen LogP contribution in [0.25, 0.3) is 0 Å². The van der Waals surface area contributed by atoms with E-state index in [2.05, 4.69) is 17.6 Å². The maximum Gasteiger partial charge on any atom is 0.328 e. The minimum absolute atomic E-state index is 0.0428. The van der Waals surface area contributed by atoms with Gasteiger partial charge in [0, 0.05) is 13.1 Å². The maximum absolute atomic E-state index is 12.2. The quantitative estimate of drug-likeness (QED) is 0.708. The van der Waals surface area contributed by atoms with Gasteiger partial charge in [-0.05, 0) is 18.3 Å². The zero-order chi connectivity index (χ0) is 15.5. The molecule has 0 aromatic rings. The Labute approximate surface area is 124 Å². The first-order chi connectivity index (χ1) is 9.91. The van der Waals surface area contributed by atoms with Crippen molar-refractivity contribution in [1.82, 2.24) is 15.5 Å². The molecule has 3 amide bonds. The Morgan fingerprint density at radius 1 is 1.38 bits per heavy atom. The standard InChI is InChI=1S/C14H23N3O4/c1-14(5-3-2-4-6-14)9-16-13(21)17-8-11(18)15-7-10(17)12(19)20/h10H,2-9H2,1H3,(H,15,18)(H,16,21)(H,19,20). The lowest BCUT2D eigenvalue weighted by Crippen LogP contribution is -2.61. The number of nitrogens with one attached hydrogen (secondary N) is 2. The molecule has 0 bridgehead atoms. The average Bonchev–Trinajstić information content (AvgIpc) is 2.45. The molecular formula is C14H23N3O4. The number of hydrogen-bond donors (Lipinski definition) is 3. The van der Waals surface area contributed by atoms with E-state index in [1.807, 2.05) is 0 Å². The Morgan fingerprint density at radius 2 is 2.05 bits per heavy atom. The van der Waals surface area contributed by atoms with Crippen LogP contribution in [0.2, 0.25) is 0 Å². The molecule has 0 aromatic carbocycles. The molecule has 2 fully saturated rings. The molecule has 1 aliphatic carbocycles. The van der Waals surface area contributed by atoms with Crippen molar-refractivity contribution in [2.24, 2.45) is 5.41 Å². The van der Waals surface area contributed by atoms with E-state index in [9.17, 15) is 14.4 Å². The zero-order valence-corrected chi connectivity index (χ0v) is 12.4. The van der Waals surface area contributed by atoms with E-state index in [0.29, 0.717) is 6.54 Å². The van der Waals surface area contributed by atoms with E-state index >= 15 is 0 Å². The van der Waals surface area contributed by atoms with Crippen molar-refractivity contribution in [3.63, 3.8) is 0 Å². The number of carbonyl (C=O) groups excluding carboxylic acids is 2. The Kier molecular flexibility index (Phi) is 4.69. The van der Waals surface area contributed by atoms with Gasteiger partial charge in [0.2, 0.25) is 5.91 Å². The van der Waals surface area contributed by atoms with Crippen LogP contribution in [0.1, 0.15) is 39.0 Å². The summed E-state index contributed by atoms with van der Waals surface area (Å²) in [6.45, 7) is 2.42. The van der Waals surface area contributed by atoms with Crippen LogP contribution in [0.5, 0.6) is 0 Å². The van der Waals surface area contributed by atoms with Crippen molar-refractivity contribution in [2.45, 2.75) is 45.1 Å². The molecule has 1 saturated heterocycles. The van der Waals surface area contributed by atoms with Gasteiger partial charge in [0.05, 0.1) is 0 Å². The molecular weight excluding hydrogens is 274 g/mol. The van der Waals surface area contributed by atoms with E-state index in [0.717, 1.165) is 30.6 Å². The molecule has 1 saturated carbocycles. The summed E-state index contributed by atoms with van der Waals surface area (Å²) >= 11 is 0. The second-order valence-electron chi connectivity index (χ2n) is 6.32. The molecule has 0 radical (unpaired) electrons. The number of nitrogens with zero attached hydrogens (tertiary/aromatic N) is 1. The number of amides is 3. The van der Waals surface area contributed by atoms with Crippen molar-refractivity contribution in [3.8, 4) is 0 Å². The van der Waals surface area contributed by atoms with Crippen LogP contribution in [0, 0.1) is 5.41 Å². The first-order valence-corrected chi connectivity index (χ1v) is 7.45. The van der Waals surface area contributed by atoms with Crippen molar-refractivity contribution in [1.29, 1.82) is 0 Å². The number of aliphatic carboxylic acids is 1. The van der Waals surface area contributed by atoms with Gasteiger partial charge in [-0.3, -0.25) is 9.69 Å². The van der Waals surface area contributed by atoms with Gasteiger partial charge in [0.1, 0.15) is 12.6 Å². The number of piperazine rings is 1. The second kappa shape index (κ2) is 6.32. The number of urea groups is 1. The average molecular weight is 297 g/mol. The predicted molar refractivity (Wildman–Crippen MR) is 75.7 cm³/mol. The molecule has 7 nitrogen and oxygen atoms in total. The molecule has 2 aliphatic rings. The summed E-state index contributed by atoms with van der Waals surface area (Å²) in [6, 6.07) is -1.47. The normalized spacial score (nSPS) is 25.1. The van der Waals surface area contributed by atoms with Crippen LogP contribution >= 0.6 is 0 Å². The lowest BCUT2D eigenvalue weighted by atomic mass is 9.76. The topological polar surface area (TPSA) is 98.7 Å². The summed E-state index contributed by atoms with van der Waals surface area (Å²) in [5, 5.41) is 14.4. The maximum atomic E-state index is 12.2. The van der Waals surface area contributed by atoms with Gasteiger partial charge in [-0.25, -0.2) is 9.59 Å². The van der Waals surface area contributed by atoms with Crippen LogP contribution in [0.3, 0.4) is 0 Å². The van der Waals surface area contributed by atoms with Crippen LogP contribution in [-0.2, 0) is 9.59 Å². The zero-order valence-electron chi connectivity index (χ0n) is 12.4. The highest BCUT2D eigenvalue weighted by atomic mass is 16.4. The number of carboxylic acid groups (broad SMARTS) is 1. The van der Waals surface area contributed by atoms with Gasteiger partial charge < -0.3 is 15.7 Å². The first kappa shape index (κ1) is 15.6. The van der Waals surface area contributed by atoms with E-state index in [1.54, 1.807) is 0 Å². The third kappa shape index (κ3) is 3.86. The summed E-state index contributed by atoms with van der Waals surface area (Å²) in [5.74, 6) is -1.43. The summed E-state index contributed by atoms with van der Waals surface area (Å²) in [5.41, 5.74) is 0.0741. The smallest absolute Gasteiger partial charge is 0.328 e. The van der Waals surface area contributed by atoms with Crippen molar-refractivity contribution >= 4 is 17.9 Å². The second-order valence-corrected chi connectivity index (χ2v) is 6.32. The third-order valence-electron chi connectivity index (χ3n) is 4.46. The lowest BCUT2D eigenvalue weighted by Gasteiger charge is -2.36. The highest BCUT2D eigenvalue weighted by Crippen LogP contribution is 2.34. The van der Waals surface area contributed by atoms with Gasteiger partial charge in [0.15, 0.2) is 0 Å². The first-order valence-electron chi connectivity index (χ1n) is 7.45. The SMILES string of the molecule is CC1(CNC(=O)N2CC(=O)NCC2C(=O)O)CCCCC1. The lowest BCUT2D eigenvalue weighted by molar-refractivity contribution is -0.144. The molecule has 1 aliphatic heterocycles. The Morgan fingerprint density at radius 3 is 2.67 bits per heavy atom. The predicted octanol–water partition coefficient (Wildman–Crippen LogP) is 0.551. The fraction of sp³-hybridized carbons (Fsp3) is 0.786. The van der Waals surface area contributed by atoms with E-state index in [4.69, 9.17) is 5.11 Å². The fourth-order valence-electron chi connectivity index (χ4n) is 3.05. The number of rotatable bonds is 3. The van der Waals surface area contributed by atoms with Crippen LogP contribution in [0.4, 0.5) is 4.79 Å². The van der Waals surface area contributed by atoms with Crippen molar-refractivity contribution < 1.29 is 19.5 Å². The van der Waals surface area contributed by atoms with E-state index in [-0.39, 0.29) is 24.4 Å². The van der Waals surface area contributed by atoms with Crippen molar-refractivity contribution in [3.05, 3.63) is 0 Å². The molecule has 1 atom stereocenters. The van der Waals surface area contributed by atoms with Crippen molar-refractivity contribution in [2.75, 3.05) is 19.6 Å². The van der Waals surface area contributed by atoms with E-state index < -0.39 is 18.0 Å². The minimum atomic E-state index is -1.10. The van der Waals surface area contributed by atoms with Crippen LogP contribution < -0.4 is 10.6 Å². The molecule has 118 valence electrons. The number of carboxylic acids is 1. The molecule has 7 heteroatoms. The highest BCUT2D eigenvalue weighted by Gasteiger charge is 2.36. The molecule has 21 heavy (non-hydrogen) atoms. The Hall–Kier alpha value is -1.79. The van der Waals surface area contributed by atoms with Gasteiger partial charge >= 0.3 is 12.0 Å². The Bertz CT molecular complexity index is 432.